The summed E-state index contributed by atoms with van der Waals surface area (Å²) in [5, 5.41) is 0. The molecule has 0 atom stereocenters. The van der Waals surface area contributed by atoms with E-state index in [-0.39, 0.29) is 0 Å². The summed E-state index contributed by atoms with van der Waals surface area (Å²) in [5.74, 6) is 0. The minimum atomic E-state index is 1.20. The average Bonchev–Trinajstić information content (AvgIpc) is 1.88. The van der Waals surface area contributed by atoms with Gasteiger partial charge in [0.25, 0.3) is 0 Å². The molecule has 1 heteroatoms. The quantitative estimate of drug-likeness (QED) is 0.535. The largest absolute Gasteiger partial charge is 0.378 e. The molecule has 0 radical (unpaired) electrons. The molecule has 0 heterocycles. The molecule has 0 fully saturated rings. The van der Waals surface area contributed by atoms with Gasteiger partial charge in [-0.3, -0.25) is 0 Å². The summed E-state index contributed by atoms with van der Waals surface area (Å²) < 4.78 is 0. The molecule has 1 aliphatic rings. The highest BCUT2D eigenvalue weighted by Gasteiger charge is 2.04. The maximum Gasteiger partial charge on any atom is 0.0347 e. The summed E-state index contributed by atoms with van der Waals surface area (Å²) >= 11 is 0. The van der Waals surface area contributed by atoms with Crippen molar-refractivity contribution in [2.24, 2.45) is 0 Å². The van der Waals surface area contributed by atoms with Gasteiger partial charge in [0.05, 0.1) is 0 Å². The third-order valence-electron chi connectivity index (χ3n) is 1.84. The summed E-state index contributed by atoms with van der Waals surface area (Å²) in [4.78, 5) is 2.17. The van der Waals surface area contributed by atoms with E-state index in [1.807, 2.05) is 0 Å². The highest BCUT2D eigenvalue weighted by atomic mass is 15.1. The van der Waals surface area contributed by atoms with Gasteiger partial charge in [0.15, 0.2) is 0 Å². The second-order valence-electron chi connectivity index (χ2n) is 2.95. The molecule has 1 rings (SSSR count). The number of hydrogen-bond donors (Lipinski definition) is 0. The van der Waals surface area contributed by atoms with E-state index in [4.69, 9.17) is 0 Å². The zero-order valence-corrected chi connectivity index (χ0v) is 7.02. The number of nitrogens with zero attached hydrogens (tertiary/aromatic N) is 1. The molecular weight excluding hydrogens is 122 g/mol. The van der Waals surface area contributed by atoms with Crippen LogP contribution in [0.25, 0.3) is 0 Å². The van der Waals surface area contributed by atoms with Gasteiger partial charge < -0.3 is 4.90 Å². The van der Waals surface area contributed by atoms with Crippen molar-refractivity contribution in [1.82, 2.24) is 4.90 Å². The van der Waals surface area contributed by atoms with Gasteiger partial charge in [-0.05, 0) is 25.3 Å². The summed E-state index contributed by atoms with van der Waals surface area (Å²) in [6.07, 6.45) is 7.01. The van der Waals surface area contributed by atoms with Gasteiger partial charge >= 0.3 is 0 Å². The Morgan fingerprint density at radius 2 is 1.80 bits per heavy atom. The molecule has 56 valence electrons. The van der Waals surface area contributed by atoms with Crippen molar-refractivity contribution in [3.05, 3.63) is 23.4 Å². The Kier molecular flexibility index (Phi) is 2.15. The molecule has 0 spiro atoms. The smallest absolute Gasteiger partial charge is 0.0347 e. The minimum absolute atomic E-state index is 1.20. The molecular formula is C9H15N. The van der Waals surface area contributed by atoms with Crippen molar-refractivity contribution in [2.75, 3.05) is 14.1 Å². The van der Waals surface area contributed by atoms with Crippen LogP contribution in [0, 0.1) is 0 Å². The lowest BCUT2D eigenvalue weighted by atomic mass is 10.0. The molecule has 1 aliphatic carbocycles. The Bertz CT molecular complexity index is 175. The molecule has 0 aromatic carbocycles. The number of hydrogen-bond acceptors (Lipinski definition) is 1. The summed E-state index contributed by atoms with van der Waals surface area (Å²) in [6.45, 7) is 2.17. The number of likely N-dealkylation sites (N-methyl/N-ethyl adjacent to an activating group) is 1. The van der Waals surface area contributed by atoms with Crippen LogP contribution >= 0.6 is 0 Å². The molecule has 0 N–H and O–H groups in total. The minimum Gasteiger partial charge on any atom is -0.378 e. The van der Waals surface area contributed by atoms with Crippen molar-refractivity contribution >= 4 is 0 Å². The second-order valence-corrected chi connectivity index (χ2v) is 2.95. The van der Waals surface area contributed by atoms with E-state index in [1.165, 1.54) is 24.1 Å². The van der Waals surface area contributed by atoms with Crippen molar-refractivity contribution in [3.63, 3.8) is 0 Å². The number of rotatable bonds is 1. The Morgan fingerprint density at radius 3 is 2.20 bits per heavy atom. The van der Waals surface area contributed by atoms with E-state index < -0.39 is 0 Å². The lowest BCUT2D eigenvalue weighted by molar-refractivity contribution is 0.514. The molecule has 1 nitrogen and oxygen atoms in total. The molecule has 10 heavy (non-hydrogen) atoms. The van der Waals surface area contributed by atoms with Crippen molar-refractivity contribution in [3.8, 4) is 0 Å². The summed E-state index contributed by atoms with van der Waals surface area (Å²) in [6, 6.07) is 0. The molecule has 0 aliphatic heterocycles. The van der Waals surface area contributed by atoms with E-state index in [0.29, 0.717) is 0 Å². The highest BCUT2D eigenvalue weighted by molar-refractivity contribution is 5.29. The normalized spacial score (nSPS) is 17.9. The van der Waals surface area contributed by atoms with E-state index in [1.54, 1.807) is 0 Å². The fourth-order valence-corrected chi connectivity index (χ4v) is 1.32. The van der Waals surface area contributed by atoms with Crippen LogP contribution in [0.4, 0.5) is 0 Å². The zero-order chi connectivity index (χ0) is 7.56. The predicted octanol–water partition coefficient (Wildman–Crippen LogP) is 2.17. The topological polar surface area (TPSA) is 3.24 Å². The summed E-state index contributed by atoms with van der Waals surface area (Å²) in [7, 11) is 4.18. The second kappa shape index (κ2) is 2.91. The van der Waals surface area contributed by atoms with E-state index >= 15 is 0 Å². The Morgan fingerprint density at radius 1 is 1.20 bits per heavy atom. The van der Waals surface area contributed by atoms with E-state index in [9.17, 15) is 0 Å². The predicted molar refractivity (Wildman–Crippen MR) is 44.8 cm³/mol. The van der Waals surface area contributed by atoms with Gasteiger partial charge in [0, 0.05) is 19.8 Å². The van der Waals surface area contributed by atoms with Crippen LogP contribution in [0.3, 0.4) is 0 Å². The highest BCUT2D eigenvalue weighted by Crippen LogP contribution is 2.18. The maximum absolute atomic E-state index is 2.30. The van der Waals surface area contributed by atoms with Gasteiger partial charge in [0.1, 0.15) is 0 Å². The Hall–Kier alpha value is -0.720. The van der Waals surface area contributed by atoms with Crippen LogP contribution in [-0.4, -0.2) is 19.0 Å². The van der Waals surface area contributed by atoms with Crippen LogP contribution < -0.4 is 0 Å². The molecule has 0 aromatic heterocycles. The summed E-state index contributed by atoms with van der Waals surface area (Å²) in [5.41, 5.74) is 2.79. The van der Waals surface area contributed by atoms with Crippen LogP contribution in [0.15, 0.2) is 23.4 Å². The molecule has 0 aromatic rings. The molecule has 0 bridgehead atoms. The zero-order valence-electron chi connectivity index (χ0n) is 7.02. The van der Waals surface area contributed by atoms with Crippen molar-refractivity contribution in [2.45, 2.75) is 19.8 Å². The Balaban J connectivity index is 2.74. The monoisotopic (exact) mass is 137 g/mol. The van der Waals surface area contributed by atoms with Crippen LogP contribution in [0.1, 0.15) is 19.8 Å². The first-order valence-electron chi connectivity index (χ1n) is 3.76. The van der Waals surface area contributed by atoms with Gasteiger partial charge in [-0.1, -0.05) is 12.2 Å². The lowest BCUT2D eigenvalue weighted by Gasteiger charge is -2.20. The van der Waals surface area contributed by atoms with E-state index in [2.05, 4.69) is 38.1 Å². The van der Waals surface area contributed by atoms with Gasteiger partial charge in [0.2, 0.25) is 0 Å². The van der Waals surface area contributed by atoms with Gasteiger partial charge in [-0.2, -0.15) is 0 Å². The van der Waals surface area contributed by atoms with Crippen molar-refractivity contribution < 1.29 is 0 Å². The molecule has 0 saturated carbocycles. The third kappa shape index (κ3) is 1.41. The van der Waals surface area contributed by atoms with Crippen LogP contribution in [-0.2, 0) is 0 Å². The number of allylic oxidation sites excluding steroid dienone is 3. The fourth-order valence-electron chi connectivity index (χ4n) is 1.32. The van der Waals surface area contributed by atoms with E-state index in [0.717, 1.165) is 0 Å². The van der Waals surface area contributed by atoms with Crippen LogP contribution in [0.5, 0.6) is 0 Å². The first-order chi connectivity index (χ1) is 4.72. The average molecular weight is 137 g/mol. The maximum atomic E-state index is 2.30. The lowest BCUT2D eigenvalue weighted by Crippen LogP contribution is -2.13. The molecule has 0 unspecified atom stereocenters. The first kappa shape index (κ1) is 7.39. The van der Waals surface area contributed by atoms with Crippen molar-refractivity contribution in [1.29, 1.82) is 0 Å². The molecule has 0 amide bonds. The molecule has 0 saturated heterocycles. The third-order valence-corrected chi connectivity index (χ3v) is 1.84. The fraction of sp³-hybridized carbons (Fsp3) is 0.556. The van der Waals surface area contributed by atoms with Crippen LogP contribution in [0.2, 0.25) is 0 Å². The van der Waals surface area contributed by atoms with Gasteiger partial charge in [-0.25, -0.2) is 0 Å². The first-order valence-corrected chi connectivity index (χ1v) is 3.76. The SMILES string of the molecule is CC1=CCCC=C1N(C)C. The Labute approximate surface area is 63.0 Å². The standard InChI is InChI=1S/C9H15N/c1-8-6-4-5-7-9(8)10(2)3/h6-7H,4-5H2,1-3H3. The van der Waals surface area contributed by atoms with Gasteiger partial charge in [-0.15, -0.1) is 0 Å².